The third kappa shape index (κ3) is 5.52. The Morgan fingerprint density at radius 3 is 2.68 bits per heavy atom. The summed E-state index contributed by atoms with van der Waals surface area (Å²) in [5.41, 5.74) is 3.01. The summed E-state index contributed by atoms with van der Waals surface area (Å²) in [6.45, 7) is 8.95. The van der Waals surface area contributed by atoms with E-state index in [0.717, 1.165) is 54.6 Å². The zero-order valence-electron chi connectivity index (χ0n) is 14.3. The molecule has 1 heterocycles. The molecule has 1 aromatic heterocycles. The van der Waals surface area contributed by atoms with Crippen LogP contribution in [0.2, 0.25) is 0 Å². The van der Waals surface area contributed by atoms with Crippen molar-refractivity contribution in [3.8, 4) is 5.75 Å². The number of nitrogens with one attached hydrogen (secondary N) is 2. The highest BCUT2D eigenvalue weighted by atomic mass is 16.5. The Morgan fingerprint density at radius 1 is 1.27 bits per heavy atom. The Balaban J connectivity index is 2.73. The van der Waals surface area contributed by atoms with Crippen LogP contribution in [0.1, 0.15) is 30.2 Å². The number of aryl methyl sites for hydroxylation is 1. The van der Waals surface area contributed by atoms with Gasteiger partial charge in [-0.15, -0.1) is 0 Å². The molecule has 124 valence electrons. The normalized spacial score (nSPS) is 11.4. The SMILES string of the molecule is CCNC(=NCc1ncc(C)c(OC)c1C)NCCCOC. The van der Waals surface area contributed by atoms with Gasteiger partial charge in [-0.1, -0.05) is 0 Å². The first-order chi connectivity index (χ1) is 10.6. The van der Waals surface area contributed by atoms with Crippen molar-refractivity contribution in [2.24, 2.45) is 4.99 Å². The van der Waals surface area contributed by atoms with Crippen LogP contribution < -0.4 is 15.4 Å². The van der Waals surface area contributed by atoms with Gasteiger partial charge in [-0.3, -0.25) is 4.98 Å². The van der Waals surface area contributed by atoms with Gasteiger partial charge in [0.15, 0.2) is 5.96 Å². The number of rotatable bonds is 8. The molecule has 0 aromatic carbocycles. The van der Waals surface area contributed by atoms with E-state index >= 15 is 0 Å². The van der Waals surface area contributed by atoms with E-state index in [4.69, 9.17) is 9.47 Å². The number of guanidine groups is 1. The zero-order chi connectivity index (χ0) is 16.4. The summed E-state index contributed by atoms with van der Waals surface area (Å²) in [6, 6.07) is 0. The number of pyridine rings is 1. The lowest BCUT2D eigenvalue weighted by Crippen LogP contribution is -2.38. The molecule has 0 saturated carbocycles. The molecular weight excluding hydrogens is 280 g/mol. The molecule has 1 aromatic rings. The van der Waals surface area contributed by atoms with Gasteiger partial charge in [0, 0.05) is 44.1 Å². The first-order valence-corrected chi connectivity index (χ1v) is 7.64. The summed E-state index contributed by atoms with van der Waals surface area (Å²) in [5.74, 6) is 1.68. The Kier molecular flexibility index (Phi) is 8.28. The number of ether oxygens (including phenoxy) is 2. The van der Waals surface area contributed by atoms with Gasteiger partial charge in [-0.05, 0) is 27.2 Å². The van der Waals surface area contributed by atoms with Crippen LogP contribution in [-0.4, -0.2) is 44.9 Å². The Bertz CT molecular complexity index is 489. The van der Waals surface area contributed by atoms with Crippen molar-refractivity contribution in [2.75, 3.05) is 33.9 Å². The van der Waals surface area contributed by atoms with E-state index in [-0.39, 0.29) is 0 Å². The molecule has 6 heteroatoms. The van der Waals surface area contributed by atoms with E-state index in [9.17, 15) is 0 Å². The Morgan fingerprint density at radius 2 is 2.05 bits per heavy atom. The van der Waals surface area contributed by atoms with Crippen molar-refractivity contribution in [1.82, 2.24) is 15.6 Å². The lowest BCUT2D eigenvalue weighted by atomic mass is 10.1. The highest BCUT2D eigenvalue weighted by Crippen LogP contribution is 2.24. The molecule has 0 atom stereocenters. The summed E-state index contributed by atoms with van der Waals surface area (Å²) < 4.78 is 10.5. The van der Waals surface area contributed by atoms with Crippen molar-refractivity contribution in [3.05, 3.63) is 23.0 Å². The molecule has 1 rings (SSSR count). The highest BCUT2D eigenvalue weighted by molar-refractivity contribution is 5.79. The number of aliphatic imine (C=N–C) groups is 1. The van der Waals surface area contributed by atoms with Crippen LogP contribution in [0.15, 0.2) is 11.2 Å². The molecule has 22 heavy (non-hydrogen) atoms. The van der Waals surface area contributed by atoms with E-state index in [1.807, 2.05) is 27.0 Å². The number of hydrogen-bond donors (Lipinski definition) is 2. The van der Waals surface area contributed by atoms with Gasteiger partial charge in [0.05, 0.1) is 19.3 Å². The van der Waals surface area contributed by atoms with E-state index in [2.05, 4.69) is 20.6 Å². The van der Waals surface area contributed by atoms with E-state index in [1.165, 1.54) is 0 Å². The molecule has 0 aliphatic heterocycles. The number of hydrogen-bond acceptors (Lipinski definition) is 4. The van der Waals surface area contributed by atoms with Crippen LogP contribution in [0.25, 0.3) is 0 Å². The van der Waals surface area contributed by atoms with Crippen LogP contribution >= 0.6 is 0 Å². The van der Waals surface area contributed by atoms with Crippen LogP contribution in [0.4, 0.5) is 0 Å². The van der Waals surface area contributed by atoms with E-state index in [1.54, 1.807) is 14.2 Å². The van der Waals surface area contributed by atoms with Crippen LogP contribution in [-0.2, 0) is 11.3 Å². The van der Waals surface area contributed by atoms with Crippen molar-refractivity contribution >= 4 is 5.96 Å². The monoisotopic (exact) mass is 308 g/mol. The molecule has 0 saturated heterocycles. The maximum absolute atomic E-state index is 5.43. The largest absolute Gasteiger partial charge is 0.496 e. The topological polar surface area (TPSA) is 67.8 Å². The van der Waals surface area contributed by atoms with Crippen LogP contribution in [0, 0.1) is 13.8 Å². The third-order valence-electron chi connectivity index (χ3n) is 3.30. The predicted octanol–water partition coefficient (Wildman–Crippen LogP) is 1.80. The van der Waals surface area contributed by atoms with Gasteiger partial charge in [0.25, 0.3) is 0 Å². The maximum Gasteiger partial charge on any atom is 0.191 e. The second-order valence-corrected chi connectivity index (χ2v) is 5.01. The van der Waals surface area contributed by atoms with Gasteiger partial charge in [-0.2, -0.15) is 0 Å². The summed E-state index contributed by atoms with van der Waals surface area (Å²) in [5, 5.41) is 6.51. The maximum atomic E-state index is 5.43. The fourth-order valence-electron chi connectivity index (χ4n) is 2.15. The summed E-state index contributed by atoms with van der Waals surface area (Å²) >= 11 is 0. The molecule has 0 bridgehead atoms. The quantitative estimate of drug-likeness (QED) is 0.435. The van der Waals surface area contributed by atoms with Crippen molar-refractivity contribution < 1.29 is 9.47 Å². The van der Waals surface area contributed by atoms with Gasteiger partial charge >= 0.3 is 0 Å². The summed E-state index contributed by atoms with van der Waals surface area (Å²) in [4.78, 5) is 9.05. The third-order valence-corrected chi connectivity index (χ3v) is 3.30. The second-order valence-electron chi connectivity index (χ2n) is 5.01. The minimum atomic E-state index is 0.516. The van der Waals surface area contributed by atoms with Crippen molar-refractivity contribution in [3.63, 3.8) is 0 Å². The summed E-state index contributed by atoms with van der Waals surface area (Å²) in [7, 11) is 3.39. The molecule has 0 aliphatic carbocycles. The number of nitrogens with zero attached hydrogens (tertiary/aromatic N) is 2. The van der Waals surface area contributed by atoms with Crippen LogP contribution in [0.3, 0.4) is 0 Å². The number of methoxy groups -OCH3 is 2. The highest BCUT2D eigenvalue weighted by Gasteiger charge is 2.09. The first-order valence-electron chi connectivity index (χ1n) is 7.64. The van der Waals surface area contributed by atoms with E-state index in [0.29, 0.717) is 6.54 Å². The minimum Gasteiger partial charge on any atom is -0.496 e. The van der Waals surface area contributed by atoms with E-state index < -0.39 is 0 Å². The molecule has 0 unspecified atom stereocenters. The standard InChI is InChI=1S/C16H28N4O2/c1-6-17-16(18-8-7-9-21-4)20-11-14-13(3)15(22-5)12(2)10-19-14/h10H,6-9,11H2,1-5H3,(H2,17,18,20). The van der Waals surface area contributed by atoms with Crippen LogP contribution in [0.5, 0.6) is 5.75 Å². The van der Waals surface area contributed by atoms with Gasteiger partial charge < -0.3 is 20.1 Å². The average Bonchev–Trinajstić information content (AvgIpc) is 2.51. The first kappa shape index (κ1) is 18.2. The smallest absolute Gasteiger partial charge is 0.191 e. The fraction of sp³-hybridized carbons (Fsp3) is 0.625. The Labute approximate surface area is 133 Å². The van der Waals surface area contributed by atoms with Crippen molar-refractivity contribution in [2.45, 2.75) is 33.7 Å². The van der Waals surface area contributed by atoms with Gasteiger partial charge in [-0.25, -0.2) is 4.99 Å². The van der Waals surface area contributed by atoms with Gasteiger partial charge in [0.1, 0.15) is 5.75 Å². The molecule has 0 amide bonds. The molecule has 0 radical (unpaired) electrons. The van der Waals surface area contributed by atoms with Crippen molar-refractivity contribution in [1.29, 1.82) is 0 Å². The lowest BCUT2D eigenvalue weighted by molar-refractivity contribution is 0.195. The summed E-state index contributed by atoms with van der Waals surface area (Å²) in [6.07, 6.45) is 2.77. The lowest BCUT2D eigenvalue weighted by Gasteiger charge is -2.13. The molecule has 6 nitrogen and oxygen atoms in total. The molecule has 0 fully saturated rings. The second kappa shape index (κ2) is 10.00. The molecule has 2 N–H and O–H groups in total. The zero-order valence-corrected chi connectivity index (χ0v) is 14.3. The molecule has 0 spiro atoms. The van der Waals surface area contributed by atoms with Gasteiger partial charge in [0.2, 0.25) is 0 Å². The minimum absolute atomic E-state index is 0.516. The molecule has 0 aliphatic rings. The molecular formula is C16H28N4O2. The number of aromatic nitrogens is 1. The fourth-order valence-corrected chi connectivity index (χ4v) is 2.15. The average molecular weight is 308 g/mol. The Hall–Kier alpha value is -1.82. The predicted molar refractivity (Wildman–Crippen MR) is 89.6 cm³/mol.